The molecule has 0 amide bonds. The summed E-state index contributed by atoms with van der Waals surface area (Å²) in [6, 6.07) is 7.76. The predicted molar refractivity (Wildman–Crippen MR) is 102 cm³/mol. The normalized spacial score (nSPS) is 17.3. The standard InChI is InChI=1S/C19H24N4O2S/c1-25-16-9-5-14(6-10-16)17(24)13-26-19-21-20-18(23(19)15-7-8-15)22-11-3-2-4-12-22/h5-6,9-10,15H,2-4,7-8,11-13H2,1H3. The minimum absolute atomic E-state index is 0.0996. The predicted octanol–water partition coefficient (Wildman–Crippen LogP) is 3.59. The van der Waals surface area contributed by atoms with Crippen molar-refractivity contribution in [1.82, 2.24) is 14.8 Å². The van der Waals surface area contributed by atoms with Gasteiger partial charge in [-0.05, 0) is 56.4 Å². The molecule has 2 aromatic rings. The molecular formula is C19H24N4O2S. The first-order chi connectivity index (χ1) is 12.8. The number of hydrogen-bond acceptors (Lipinski definition) is 6. The average molecular weight is 372 g/mol. The highest BCUT2D eigenvalue weighted by molar-refractivity contribution is 7.99. The van der Waals surface area contributed by atoms with Crippen LogP contribution in [0.15, 0.2) is 29.4 Å². The minimum Gasteiger partial charge on any atom is -0.497 e. The third-order valence-corrected chi connectivity index (χ3v) is 5.88. The van der Waals surface area contributed by atoms with Gasteiger partial charge in [-0.2, -0.15) is 0 Å². The molecule has 7 heteroatoms. The van der Waals surface area contributed by atoms with E-state index >= 15 is 0 Å². The van der Waals surface area contributed by atoms with Crippen molar-refractivity contribution >= 4 is 23.5 Å². The summed E-state index contributed by atoms with van der Waals surface area (Å²) in [6.07, 6.45) is 6.09. The zero-order valence-corrected chi connectivity index (χ0v) is 15.9. The third-order valence-electron chi connectivity index (χ3n) is 4.94. The molecule has 2 fully saturated rings. The molecule has 138 valence electrons. The van der Waals surface area contributed by atoms with Crippen LogP contribution in [-0.2, 0) is 0 Å². The number of hydrogen-bond donors (Lipinski definition) is 0. The lowest BCUT2D eigenvalue weighted by molar-refractivity contribution is 0.102. The van der Waals surface area contributed by atoms with E-state index in [0.717, 1.165) is 29.9 Å². The molecule has 0 atom stereocenters. The van der Waals surface area contributed by atoms with Crippen molar-refractivity contribution in [1.29, 1.82) is 0 Å². The number of aromatic nitrogens is 3. The average Bonchev–Trinajstić information content (AvgIpc) is 3.45. The number of rotatable bonds is 7. The molecule has 0 bridgehead atoms. The van der Waals surface area contributed by atoms with E-state index in [1.807, 2.05) is 24.3 Å². The lowest BCUT2D eigenvalue weighted by Gasteiger charge is -2.27. The van der Waals surface area contributed by atoms with Gasteiger partial charge in [-0.25, -0.2) is 0 Å². The van der Waals surface area contributed by atoms with Gasteiger partial charge in [0.15, 0.2) is 10.9 Å². The van der Waals surface area contributed by atoms with Crippen molar-refractivity contribution in [3.8, 4) is 5.75 Å². The second-order valence-electron chi connectivity index (χ2n) is 6.87. The van der Waals surface area contributed by atoms with E-state index in [-0.39, 0.29) is 5.78 Å². The van der Waals surface area contributed by atoms with Crippen molar-refractivity contribution in [3.05, 3.63) is 29.8 Å². The number of piperidine rings is 1. The molecule has 1 saturated carbocycles. The number of nitrogens with zero attached hydrogens (tertiary/aromatic N) is 4. The van der Waals surface area contributed by atoms with Crippen molar-refractivity contribution < 1.29 is 9.53 Å². The smallest absolute Gasteiger partial charge is 0.228 e. The number of ether oxygens (including phenoxy) is 1. The van der Waals surface area contributed by atoms with Crippen LogP contribution in [0.1, 0.15) is 48.5 Å². The van der Waals surface area contributed by atoms with E-state index in [0.29, 0.717) is 17.4 Å². The molecule has 1 aliphatic heterocycles. The van der Waals surface area contributed by atoms with Gasteiger partial charge in [0.05, 0.1) is 12.9 Å². The monoisotopic (exact) mass is 372 g/mol. The highest BCUT2D eigenvalue weighted by Gasteiger charge is 2.32. The van der Waals surface area contributed by atoms with E-state index in [4.69, 9.17) is 4.74 Å². The van der Waals surface area contributed by atoms with Crippen LogP contribution >= 0.6 is 11.8 Å². The maximum absolute atomic E-state index is 12.5. The van der Waals surface area contributed by atoms with Gasteiger partial charge in [0, 0.05) is 24.7 Å². The van der Waals surface area contributed by atoms with Gasteiger partial charge in [0.25, 0.3) is 0 Å². The van der Waals surface area contributed by atoms with Crippen LogP contribution in [0.25, 0.3) is 0 Å². The number of anilines is 1. The van der Waals surface area contributed by atoms with E-state index in [9.17, 15) is 4.79 Å². The molecule has 1 saturated heterocycles. The first kappa shape index (κ1) is 17.4. The Balaban J connectivity index is 1.45. The molecule has 0 unspecified atom stereocenters. The SMILES string of the molecule is COc1ccc(C(=O)CSc2nnc(N3CCCCC3)n2C2CC2)cc1. The first-order valence-electron chi connectivity index (χ1n) is 9.26. The summed E-state index contributed by atoms with van der Waals surface area (Å²) in [6.45, 7) is 2.11. The van der Waals surface area contributed by atoms with Crippen LogP contribution in [0.5, 0.6) is 5.75 Å². The lowest BCUT2D eigenvalue weighted by Crippen LogP contribution is -2.31. The van der Waals surface area contributed by atoms with Gasteiger partial charge in [-0.1, -0.05) is 11.8 Å². The van der Waals surface area contributed by atoms with Gasteiger partial charge < -0.3 is 9.64 Å². The zero-order valence-electron chi connectivity index (χ0n) is 15.1. The molecule has 0 N–H and O–H groups in total. The number of benzene rings is 1. The highest BCUT2D eigenvalue weighted by atomic mass is 32.2. The van der Waals surface area contributed by atoms with E-state index in [2.05, 4.69) is 19.7 Å². The number of ketones is 1. The Morgan fingerprint density at radius 2 is 1.88 bits per heavy atom. The summed E-state index contributed by atoms with van der Waals surface area (Å²) in [5.41, 5.74) is 0.701. The summed E-state index contributed by atoms with van der Waals surface area (Å²) in [5.74, 6) is 2.22. The summed E-state index contributed by atoms with van der Waals surface area (Å²) in [5, 5.41) is 9.74. The summed E-state index contributed by atoms with van der Waals surface area (Å²) < 4.78 is 7.41. The fraction of sp³-hybridized carbons (Fsp3) is 0.526. The molecule has 0 spiro atoms. The molecule has 2 heterocycles. The van der Waals surface area contributed by atoms with Crippen LogP contribution in [-0.4, -0.2) is 46.5 Å². The Labute approximate surface area is 157 Å². The van der Waals surface area contributed by atoms with Crippen LogP contribution < -0.4 is 9.64 Å². The van der Waals surface area contributed by atoms with Gasteiger partial charge >= 0.3 is 0 Å². The topological polar surface area (TPSA) is 60.2 Å². The fourth-order valence-corrected chi connectivity index (χ4v) is 4.22. The number of carbonyl (C=O) groups excluding carboxylic acids is 1. The van der Waals surface area contributed by atoms with Crippen molar-refractivity contribution in [2.24, 2.45) is 0 Å². The first-order valence-corrected chi connectivity index (χ1v) is 10.2. The summed E-state index contributed by atoms with van der Waals surface area (Å²) in [4.78, 5) is 14.8. The van der Waals surface area contributed by atoms with E-state index < -0.39 is 0 Å². The molecule has 26 heavy (non-hydrogen) atoms. The van der Waals surface area contributed by atoms with Crippen LogP contribution in [0, 0.1) is 0 Å². The largest absolute Gasteiger partial charge is 0.497 e. The lowest BCUT2D eigenvalue weighted by atomic mass is 10.1. The van der Waals surface area contributed by atoms with Crippen LogP contribution in [0.4, 0.5) is 5.95 Å². The molecule has 6 nitrogen and oxygen atoms in total. The molecule has 4 rings (SSSR count). The van der Waals surface area contributed by atoms with E-state index in [1.165, 1.54) is 43.9 Å². The summed E-state index contributed by atoms with van der Waals surface area (Å²) in [7, 11) is 1.62. The Kier molecular flexibility index (Phi) is 5.15. The molecule has 1 aromatic carbocycles. The minimum atomic E-state index is 0.0996. The molecule has 0 radical (unpaired) electrons. The second-order valence-corrected chi connectivity index (χ2v) is 7.81. The number of Topliss-reactive ketones (excluding diaryl/α,β-unsaturated/α-hetero) is 1. The van der Waals surface area contributed by atoms with Crippen LogP contribution in [0.2, 0.25) is 0 Å². The second kappa shape index (κ2) is 7.70. The maximum Gasteiger partial charge on any atom is 0.228 e. The molecule has 1 aromatic heterocycles. The Morgan fingerprint density at radius 1 is 1.15 bits per heavy atom. The third kappa shape index (κ3) is 3.72. The maximum atomic E-state index is 12.5. The van der Waals surface area contributed by atoms with Gasteiger partial charge in [0.1, 0.15) is 5.75 Å². The molecular weight excluding hydrogens is 348 g/mol. The number of methoxy groups -OCH3 is 1. The van der Waals surface area contributed by atoms with Crippen molar-refractivity contribution in [2.45, 2.75) is 43.3 Å². The summed E-state index contributed by atoms with van der Waals surface area (Å²) >= 11 is 1.49. The number of thioether (sulfide) groups is 1. The van der Waals surface area contributed by atoms with Gasteiger partial charge in [0.2, 0.25) is 5.95 Å². The van der Waals surface area contributed by atoms with Gasteiger partial charge in [-0.3, -0.25) is 9.36 Å². The van der Waals surface area contributed by atoms with E-state index in [1.54, 1.807) is 7.11 Å². The Hall–Kier alpha value is -2.02. The molecule has 1 aliphatic carbocycles. The Bertz CT molecular complexity index is 764. The van der Waals surface area contributed by atoms with Crippen molar-refractivity contribution in [3.63, 3.8) is 0 Å². The molecule has 2 aliphatic rings. The quantitative estimate of drug-likeness (QED) is 0.547. The zero-order chi connectivity index (χ0) is 17.9. The fourth-order valence-electron chi connectivity index (χ4n) is 3.32. The Morgan fingerprint density at radius 3 is 2.54 bits per heavy atom. The van der Waals surface area contributed by atoms with Crippen molar-refractivity contribution in [2.75, 3.05) is 30.9 Å². The van der Waals surface area contributed by atoms with Crippen LogP contribution in [0.3, 0.4) is 0 Å². The van der Waals surface area contributed by atoms with Gasteiger partial charge in [-0.15, -0.1) is 10.2 Å². The number of carbonyl (C=O) groups is 1. The highest BCUT2D eigenvalue weighted by Crippen LogP contribution is 2.41.